The van der Waals surface area contributed by atoms with Crippen LogP contribution in [0, 0.1) is 17.8 Å². The highest BCUT2D eigenvalue weighted by Crippen LogP contribution is 2.59. The summed E-state index contributed by atoms with van der Waals surface area (Å²) in [6.07, 6.45) is 14.2. The van der Waals surface area contributed by atoms with Gasteiger partial charge in [0.2, 0.25) is 5.78 Å². The average Bonchev–Trinajstić information content (AvgIpc) is 3.82. The second-order valence-corrected chi connectivity index (χ2v) is 13.9. The van der Waals surface area contributed by atoms with E-state index in [2.05, 4.69) is 52.5 Å². The van der Waals surface area contributed by atoms with Crippen LogP contribution >= 0.6 is 0 Å². The molecule has 2 heterocycles. The van der Waals surface area contributed by atoms with Crippen LogP contribution in [0.3, 0.4) is 0 Å². The summed E-state index contributed by atoms with van der Waals surface area (Å²) in [5, 5.41) is 23.8. The minimum absolute atomic E-state index is 0.0612. The van der Waals surface area contributed by atoms with Gasteiger partial charge in [-0.15, -0.1) is 0 Å². The van der Waals surface area contributed by atoms with Crippen molar-refractivity contribution in [3.63, 3.8) is 0 Å². The van der Waals surface area contributed by atoms with Gasteiger partial charge in [-0.05, 0) is 88.1 Å². The van der Waals surface area contributed by atoms with E-state index in [0.29, 0.717) is 37.0 Å². The maximum Gasteiger partial charge on any atom is 0.350 e. The molecular formula is C38H50N4O6. The Balaban J connectivity index is 1.22. The summed E-state index contributed by atoms with van der Waals surface area (Å²) in [4.78, 5) is 42.5. The van der Waals surface area contributed by atoms with Gasteiger partial charge in [0.1, 0.15) is 5.82 Å². The van der Waals surface area contributed by atoms with Crippen molar-refractivity contribution in [1.29, 1.82) is 0 Å². The normalized spacial score (nSPS) is 30.9. The highest BCUT2D eigenvalue weighted by Gasteiger charge is 2.85. The monoisotopic (exact) mass is 658 g/mol. The summed E-state index contributed by atoms with van der Waals surface area (Å²) in [5.74, 6) is 0.317. The number of fused-ring (bicyclic) bond motifs is 3. The quantitative estimate of drug-likeness (QED) is 0.0661. The number of carbonyl (C=O) groups excluding carboxylic acids is 3. The first kappa shape index (κ1) is 34.3. The molecule has 3 aliphatic carbocycles. The maximum atomic E-state index is 14.2. The highest BCUT2D eigenvalue weighted by atomic mass is 16.7. The minimum atomic E-state index is -2.06. The van der Waals surface area contributed by atoms with Gasteiger partial charge in [-0.25, -0.2) is 4.79 Å². The third kappa shape index (κ3) is 6.31. The molecule has 0 bridgehead atoms. The molecule has 6 rings (SSSR count). The fourth-order valence-corrected chi connectivity index (χ4v) is 8.24. The van der Waals surface area contributed by atoms with Crippen LogP contribution < -0.4 is 21.3 Å². The lowest BCUT2D eigenvalue weighted by atomic mass is 9.68. The predicted molar refractivity (Wildman–Crippen MR) is 183 cm³/mol. The van der Waals surface area contributed by atoms with Crippen molar-refractivity contribution in [2.75, 3.05) is 40.0 Å². The molecule has 0 unspecified atom stereocenters. The molecule has 1 aromatic carbocycles. The molecule has 10 nitrogen and oxygen atoms in total. The SMILES string of the molecule is CCN[C@@H]1C[C@H]2C=CCC[C@H]2C[C@@H]1COC(=O)[C@]12O[C@@]1(C/C(CO)=C(\C)CCC1=CCNC(NCNC)=C1)C(=O)c1ccccc1C2=O. The summed E-state index contributed by atoms with van der Waals surface area (Å²) in [6, 6.07) is 6.76. The molecule has 10 heteroatoms. The zero-order chi connectivity index (χ0) is 33.9. The predicted octanol–water partition coefficient (Wildman–Crippen LogP) is 3.70. The fourth-order valence-electron chi connectivity index (χ4n) is 8.24. The second kappa shape index (κ2) is 14.5. The lowest BCUT2D eigenvalue weighted by Crippen LogP contribution is -2.52. The van der Waals surface area contributed by atoms with Gasteiger partial charge in [0.15, 0.2) is 11.4 Å². The van der Waals surface area contributed by atoms with Crippen molar-refractivity contribution in [2.45, 2.75) is 76.0 Å². The molecule has 1 saturated heterocycles. The van der Waals surface area contributed by atoms with Crippen LogP contribution in [0.5, 0.6) is 0 Å². The summed E-state index contributed by atoms with van der Waals surface area (Å²) < 4.78 is 12.2. The Morgan fingerprint density at radius 2 is 1.96 bits per heavy atom. The smallest absolute Gasteiger partial charge is 0.350 e. The van der Waals surface area contributed by atoms with Gasteiger partial charge < -0.3 is 35.8 Å². The van der Waals surface area contributed by atoms with E-state index in [-0.39, 0.29) is 42.7 Å². The van der Waals surface area contributed by atoms with Gasteiger partial charge in [-0.3, -0.25) is 9.59 Å². The Labute approximate surface area is 283 Å². The Hall–Kier alpha value is -3.57. The third-order valence-corrected chi connectivity index (χ3v) is 11.0. The number of epoxide rings is 1. The Morgan fingerprint density at radius 1 is 1.17 bits per heavy atom. The zero-order valence-corrected chi connectivity index (χ0v) is 28.4. The van der Waals surface area contributed by atoms with Crippen LogP contribution in [-0.2, 0) is 14.3 Å². The molecule has 258 valence electrons. The summed E-state index contributed by atoms with van der Waals surface area (Å²) in [7, 11) is 1.87. The number of Topliss-reactive ketones (excluding diaryl/α,β-unsaturated/α-hetero) is 2. The number of aliphatic hydroxyl groups is 1. The van der Waals surface area contributed by atoms with Crippen LogP contribution in [0.2, 0.25) is 0 Å². The number of hydrogen-bond donors (Lipinski definition) is 5. The molecule has 1 aromatic rings. The molecule has 0 spiro atoms. The second-order valence-electron chi connectivity index (χ2n) is 13.9. The van der Waals surface area contributed by atoms with Crippen LogP contribution in [-0.4, -0.2) is 79.9 Å². The molecule has 0 amide bonds. The van der Waals surface area contributed by atoms with Gasteiger partial charge in [0.25, 0.3) is 5.60 Å². The number of ketones is 2. The Bertz CT molecular complexity index is 1550. The van der Waals surface area contributed by atoms with E-state index in [1.165, 1.54) is 0 Å². The molecule has 1 saturated carbocycles. The van der Waals surface area contributed by atoms with E-state index in [0.717, 1.165) is 55.6 Å². The molecule has 0 aromatic heterocycles. The van der Waals surface area contributed by atoms with Crippen LogP contribution in [0.25, 0.3) is 0 Å². The van der Waals surface area contributed by atoms with Crippen molar-refractivity contribution >= 4 is 17.5 Å². The number of allylic oxidation sites excluding steroid dienone is 5. The van der Waals surface area contributed by atoms with Crippen molar-refractivity contribution in [2.24, 2.45) is 17.8 Å². The molecule has 0 radical (unpaired) electrons. The molecule has 48 heavy (non-hydrogen) atoms. The number of carbonyl (C=O) groups is 3. The number of esters is 1. The van der Waals surface area contributed by atoms with Gasteiger partial charge in [-0.1, -0.05) is 55.0 Å². The number of ether oxygens (including phenoxy) is 2. The largest absolute Gasteiger partial charge is 0.463 e. The Morgan fingerprint density at radius 3 is 2.71 bits per heavy atom. The zero-order valence-electron chi connectivity index (χ0n) is 28.4. The maximum absolute atomic E-state index is 14.2. The molecule has 2 fully saturated rings. The number of benzene rings is 1. The van der Waals surface area contributed by atoms with Crippen molar-refractivity contribution < 1.29 is 29.0 Å². The van der Waals surface area contributed by atoms with Crippen LogP contribution in [0.15, 0.2) is 71.1 Å². The first-order valence-electron chi connectivity index (χ1n) is 17.6. The number of nitrogens with one attached hydrogen (secondary N) is 4. The van der Waals surface area contributed by atoms with Crippen LogP contribution in [0.4, 0.5) is 0 Å². The van der Waals surface area contributed by atoms with Crippen LogP contribution in [0.1, 0.15) is 79.5 Å². The lowest BCUT2D eigenvalue weighted by molar-refractivity contribution is -0.150. The van der Waals surface area contributed by atoms with E-state index in [9.17, 15) is 19.5 Å². The summed E-state index contributed by atoms with van der Waals surface area (Å²) in [5.41, 5.74) is -0.769. The van der Waals surface area contributed by atoms with Crippen molar-refractivity contribution in [3.8, 4) is 0 Å². The van der Waals surface area contributed by atoms with Gasteiger partial charge in [0.05, 0.1) is 19.9 Å². The van der Waals surface area contributed by atoms with Gasteiger partial charge in [0, 0.05) is 36.1 Å². The highest BCUT2D eigenvalue weighted by molar-refractivity contribution is 6.32. The first-order chi connectivity index (χ1) is 23.3. The number of rotatable bonds is 14. The molecule has 2 aliphatic heterocycles. The summed E-state index contributed by atoms with van der Waals surface area (Å²) >= 11 is 0. The molecule has 6 atom stereocenters. The van der Waals surface area contributed by atoms with Crippen molar-refractivity contribution in [1.82, 2.24) is 21.3 Å². The lowest BCUT2D eigenvalue weighted by Gasteiger charge is -2.42. The molecule has 5 N–H and O–H groups in total. The Kier molecular flexibility index (Phi) is 10.4. The van der Waals surface area contributed by atoms with E-state index < -0.39 is 28.7 Å². The fraction of sp³-hybridized carbons (Fsp3) is 0.553. The van der Waals surface area contributed by atoms with Crippen molar-refractivity contribution in [3.05, 3.63) is 82.2 Å². The first-order valence-corrected chi connectivity index (χ1v) is 17.6. The molecule has 5 aliphatic rings. The van der Waals surface area contributed by atoms with E-state index in [4.69, 9.17) is 9.47 Å². The number of dihydropyridines is 1. The standard InChI is InChI=1S/C38H50N4O6/c1-4-40-32-19-27-10-6-5-9-26(27)18-28(32)22-47-36(46)38-35(45)31-12-8-7-11-30(31)34(44)37(38,48-38)20-29(21-43)24(2)13-14-25-15-16-41-33(17-25)42-23-39-3/h6-8,10-12,15,17,26-28,32,39-43H,4-5,9,13-14,16,18-23H2,1-3H3/b29-24-/t26-,27+,28+,32+,37-,38-/m0/s1. The molecular weight excluding hydrogens is 608 g/mol. The van der Waals surface area contributed by atoms with E-state index in [1.54, 1.807) is 24.3 Å². The number of hydrogen-bond acceptors (Lipinski definition) is 10. The van der Waals surface area contributed by atoms with Gasteiger partial charge >= 0.3 is 5.97 Å². The average molecular weight is 659 g/mol. The minimum Gasteiger partial charge on any atom is -0.463 e. The van der Waals surface area contributed by atoms with Gasteiger partial charge in [-0.2, -0.15) is 0 Å². The number of aliphatic hydroxyl groups excluding tert-OH is 1. The van der Waals surface area contributed by atoms with E-state index >= 15 is 0 Å². The summed E-state index contributed by atoms with van der Waals surface area (Å²) in [6.45, 7) is 5.99. The van der Waals surface area contributed by atoms with E-state index in [1.807, 2.05) is 14.0 Å². The topological polar surface area (TPSA) is 141 Å². The third-order valence-electron chi connectivity index (χ3n) is 11.0.